The number of Topliss-reactive ketones (excluding diaryl/α,β-unsaturated/α-hetero) is 1. The van der Waals surface area contributed by atoms with E-state index in [2.05, 4.69) is 27.7 Å². The van der Waals surface area contributed by atoms with Gasteiger partial charge >= 0.3 is 0 Å². The Balaban J connectivity index is 1.65. The lowest BCUT2D eigenvalue weighted by atomic mass is 9.32. The van der Waals surface area contributed by atoms with Gasteiger partial charge in [-0.1, -0.05) is 34.6 Å². The van der Waals surface area contributed by atoms with Crippen LogP contribution in [0.2, 0.25) is 0 Å². The van der Waals surface area contributed by atoms with Crippen LogP contribution in [-0.2, 0) is 9.59 Å². The van der Waals surface area contributed by atoms with Gasteiger partial charge in [0.25, 0.3) is 0 Å². The zero-order chi connectivity index (χ0) is 24.3. The minimum atomic E-state index is -0.932. The van der Waals surface area contributed by atoms with Gasteiger partial charge in [-0.25, -0.2) is 0 Å². The van der Waals surface area contributed by atoms with Crippen LogP contribution in [0.15, 0.2) is 34.6 Å². The highest BCUT2D eigenvalue weighted by Gasteiger charge is 2.71. The van der Waals surface area contributed by atoms with Crippen molar-refractivity contribution in [2.24, 2.45) is 39.4 Å². The van der Waals surface area contributed by atoms with Crippen molar-refractivity contribution in [3.63, 3.8) is 0 Å². The van der Waals surface area contributed by atoms with E-state index in [0.717, 1.165) is 43.3 Å². The highest BCUT2D eigenvalue weighted by Crippen LogP contribution is 2.75. The van der Waals surface area contributed by atoms with Crippen molar-refractivity contribution in [2.45, 2.75) is 85.9 Å². The molecule has 5 aliphatic rings. The van der Waals surface area contributed by atoms with Crippen molar-refractivity contribution in [2.75, 3.05) is 0 Å². The van der Waals surface area contributed by atoms with E-state index in [1.165, 1.54) is 0 Å². The number of aliphatic hydroxyl groups is 3. The fraction of sp³-hybridized carbons (Fsp3) is 0.714. The molecule has 3 fully saturated rings. The molecule has 33 heavy (non-hydrogen) atoms. The number of hydrogen-bond donors (Lipinski definition) is 3. The zero-order valence-electron chi connectivity index (χ0n) is 20.7. The molecule has 5 nitrogen and oxygen atoms in total. The number of fused-ring (bicyclic) bond motifs is 7. The SMILES string of the molecule is CC1=C(O)C(=O)C=C2C1=C[C@@H](O)[C@H]1[C@@]2(C)CC[C@@]2(C)[C@@H]3C[C@@H](C)C(=O)[C@@H](O)[C@]3(C)CC[C@]12C. The summed E-state index contributed by atoms with van der Waals surface area (Å²) < 4.78 is 0. The van der Waals surface area contributed by atoms with Crippen LogP contribution in [0.1, 0.15) is 73.6 Å². The fourth-order valence-electron chi connectivity index (χ4n) is 9.19. The summed E-state index contributed by atoms with van der Waals surface area (Å²) in [6.07, 6.45) is 5.88. The molecule has 0 unspecified atom stereocenters. The van der Waals surface area contributed by atoms with Gasteiger partial charge in [-0.15, -0.1) is 0 Å². The van der Waals surface area contributed by atoms with Crippen molar-refractivity contribution in [1.29, 1.82) is 0 Å². The molecule has 0 aromatic heterocycles. The van der Waals surface area contributed by atoms with Crippen LogP contribution in [-0.4, -0.2) is 39.1 Å². The maximum atomic E-state index is 12.7. The Kier molecular flexibility index (Phi) is 4.67. The van der Waals surface area contributed by atoms with Crippen molar-refractivity contribution in [3.05, 3.63) is 34.6 Å². The largest absolute Gasteiger partial charge is 0.504 e. The summed E-state index contributed by atoms with van der Waals surface area (Å²) in [5.74, 6) is -0.680. The highest BCUT2D eigenvalue weighted by atomic mass is 16.3. The second-order valence-electron chi connectivity index (χ2n) is 12.7. The molecule has 0 heterocycles. The quantitative estimate of drug-likeness (QED) is 0.503. The Labute approximate surface area is 196 Å². The van der Waals surface area contributed by atoms with Crippen molar-refractivity contribution >= 4 is 11.6 Å². The van der Waals surface area contributed by atoms with E-state index < -0.39 is 23.0 Å². The molecule has 0 aliphatic heterocycles. The number of ketones is 2. The monoisotopic (exact) mass is 454 g/mol. The van der Waals surface area contributed by atoms with E-state index in [9.17, 15) is 24.9 Å². The Morgan fingerprint density at radius 2 is 1.61 bits per heavy atom. The number of hydrogen-bond acceptors (Lipinski definition) is 5. The van der Waals surface area contributed by atoms with Gasteiger partial charge in [-0.2, -0.15) is 0 Å². The molecule has 0 bridgehead atoms. The molecule has 0 radical (unpaired) electrons. The normalized spacial score (nSPS) is 51.7. The van der Waals surface area contributed by atoms with Crippen LogP contribution < -0.4 is 0 Å². The summed E-state index contributed by atoms with van der Waals surface area (Å²) in [7, 11) is 0. The van der Waals surface area contributed by atoms with Crippen molar-refractivity contribution < 1.29 is 24.9 Å². The Morgan fingerprint density at radius 1 is 0.970 bits per heavy atom. The summed E-state index contributed by atoms with van der Waals surface area (Å²) in [6, 6.07) is 0. The molecule has 0 saturated heterocycles. The topological polar surface area (TPSA) is 94.8 Å². The molecule has 5 aliphatic carbocycles. The van der Waals surface area contributed by atoms with Gasteiger partial charge in [-0.3, -0.25) is 9.59 Å². The van der Waals surface area contributed by atoms with Crippen LogP contribution >= 0.6 is 0 Å². The molecule has 5 rings (SSSR count). The maximum absolute atomic E-state index is 12.7. The minimum absolute atomic E-state index is 0.0279. The first-order chi connectivity index (χ1) is 15.2. The molecule has 180 valence electrons. The third kappa shape index (κ3) is 2.56. The summed E-state index contributed by atoms with van der Waals surface area (Å²) >= 11 is 0. The summed E-state index contributed by atoms with van der Waals surface area (Å²) in [5, 5.41) is 33.0. The summed E-state index contributed by atoms with van der Waals surface area (Å²) in [6.45, 7) is 12.6. The first-order valence-electron chi connectivity index (χ1n) is 12.5. The van der Waals surface area contributed by atoms with Gasteiger partial charge in [0.2, 0.25) is 5.78 Å². The molecule has 0 spiro atoms. The van der Waals surface area contributed by atoms with Gasteiger partial charge < -0.3 is 15.3 Å². The smallest absolute Gasteiger partial charge is 0.220 e. The standard InChI is InChI=1S/C28H38O5/c1-14-11-20-26(4,24(33)21(14)31)8-10-28(6)23-19(30)12-16-15(2)22(32)18(29)13-17(16)25(23,3)7-9-27(20,28)5/h12-14,19-20,23-24,30,32-33H,7-11H2,1-6H3/t14-,19-,20-,23+,24-,25+,26-,27+,28-/m1/s1. The van der Waals surface area contributed by atoms with Gasteiger partial charge in [0, 0.05) is 22.8 Å². The van der Waals surface area contributed by atoms with Crippen molar-refractivity contribution in [1.82, 2.24) is 0 Å². The lowest BCUT2D eigenvalue weighted by Crippen LogP contribution is -2.69. The third-order valence-electron chi connectivity index (χ3n) is 11.4. The fourth-order valence-corrected chi connectivity index (χ4v) is 9.19. The van der Waals surface area contributed by atoms with E-state index in [1.807, 2.05) is 13.0 Å². The molecule has 0 aromatic carbocycles. The number of carbonyl (C=O) groups is 2. The minimum Gasteiger partial charge on any atom is -0.504 e. The highest BCUT2D eigenvalue weighted by molar-refractivity contribution is 6.06. The third-order valence-corrected chi connectivity index (χ3v) is 11.4. The van der Waals surface area contributed by atoms with Crippen LogP contribution in [0.3, 0.4) is 0 Å². The van der Waals surface area contributed by atoms with Gasteiger partial charge in [-0.05, 0) is 84.5 Å². The first kappa shape index (κ1) is 23.0. The second kappa shape index (κ2) is 6.69. The Morgan fingerprint density at radius 3 is 2.27 bits per heavy atom. The lowest BCUT2D eigenvalue weighted by Gasteiger charge is -2.72. The van der Waals surface area contributed by atoms with E-state index in [4.69, 9.17) is 0 Å². The molecule has 0 aromatic rings. The van der Waals surface area contributed by atoms with Crippen molar-refractivity contribution in [3.8, 4) is 0 Å². The van der Waals surface area contributed by atoms with Gasteiger partial charge in [0.15, 0.2) is 11.5 Å². The average Bonchev–Trinajstić information content (AvgIpc) is 2.75. The molecule has 9 atom stereocenters. The van der Waals surface area contributed by atoms with Crippen LogP contribution in [0.5, 0.6) is 0 Å². The molecule has 5 heteroatoms. The average molecular weight is 455 g/mol. The predicted molar refractivity (Wildman–Crippen MR) is 125 cm³/mol. The lowest BCUT2D eigenvalue weighted by molar-refractivity contribution is -0.239. The Bertz CT molecular complexity index is 1050. The van der Waals surface area contributed by atoms with E-state index >= 15 is 0 Å². The van der Waals surface area contributed by atoms with Crippen LogP contribution in [0.25, 0.3) is 0 Å². The van der Waals surface area contributed by atoms with E-state index in [1.54, 1.807) is 13.0 Å². The van der Waals surface area contributed by atoms with Gasteiger partial charge in [0.1, 0.15) is 6.10 Å². The predicted octanol–water partition coefficient (Wildman–Crippen LogP) is 4.44. The zero-order valence-corrected chi connectivity index (χ0v) is 20.7. The molecule has 3 saturated carbocycles. The Hall–Kier alpha value is -1.72. The van der Waals surface area contributed by atoms with E-state index in [-0.39, 0.29) is 45.9 Å². The van der Waals surface area contributed by atoms with Crippen LogP contribution in [0, 0.1) is 39.4 Å². The number of carbonyl (C=O) groups excluding carboxylic acids is 2. The number of aliphatic hydroxyl groups excluding tert-OH is 3. The maximum Gasteiger partial charge on any atom is 0.220 e. The number of rotatable bonds is 0. The van der Waals surface area contributed by atoms with Gasteiger partial charge in [0.05, 0.1) is 6.10 Å². The molecule has 0 amide bonds. The molecule has 3 N–H and O–H groups in total. The second-order valence-corrected chi connectivity index (χ2v) is 12.7. The van der Waals surface area contributed by atoms with Crippen LogP contribution in [0.4, 0.5) is 0 Å². The number of allylic oxidation sites excluding steroid dienone is 4. The molecular formula is C28H38O5. The summed E-state index contributed by atoms with van der Waals surface area (Å²) in [5.41, 5.74) is 1.08. The van der Waals surface area contributed by atoms with E-state index in [0.29, 0.717) is 5.57 Å². The first-order valence-corrected chi connectivity index (χ1v) is 12.5. The molecular weight excluding hydrogens is 416 g/mol. The summed E-state index contributed by atoms with van der Waals surface area (Å²) in [4.78, 5) is 25.3.